The molecule has 4 fully saturated rings. The average molecular weight is 393 g/mol. The maximum atomic E-state index is 11.2. The zero-order chi connectivity index (χ0) is 20.3. The Hall–Kier alpha value is -0.610. The van der Waals surface area contributed by atoms with Gasteiger partial charge in [-0.05, 0) is 104 Å². The van der Waals surface area contributed by atoms with E-state index in [1.54, 1.807) is 0 Å². The van der Waals surface area contributed by atoms with Crippen LogP contribution >= 0.6 is 0 Å². The van der Waals surface area contributed by atoms with Crippen molar-refractivity contribution in [3.05, 3.63) is 0 Å². The van der Waals surface area contributed by atoms with E-state index in [1.807, 2.05) is 0 Å². The van der Waals surface area contributed by atoms with E-state index < -0.39 is 5.97 Å². The Morgan fingerprint density at radius 1 is 1.00 bits per heavy atom. The van der Waals surface area contributed by atoms with Crippen molar-refractivity contribution >= 4 is 5.97 Å². The molecule has 28 heavy (non-hydrogen) atoms. The Labute approximate surface area is 170 Å². The van der Waals surface area contributed by atoms with Gasteiger partial charge in [-0.2, -0.15) is 0 Å². The molecule has 0 radical (unpaired) electrons. The molecule has 3 N–H and O–H groups in total. The molecule has 4 rings (SSSR count). The fourth-order valence-corrected chi connectivity index (χ4v) is 8.73. The van der Waals surface area contributed by atoms with Gasteiger partial charge in [-0.3, -0.25) is 4.79 Å². The molecule has 0 saturated heterocycles. The van der Waals surface area contributed by atoms with Gasteiger partial charge in [0.15, 0.2) is 0 Å². The van der Waals surface area contributed by atoms with Crippen LogP contribution in [0, 0.1) is 46.3 Å². The summed E-state index contributed by atoms with van der Waals surface area (Å²) in [5, 5.41) is 30.5. The topological polar surface area (TPSA) is 77.8 Å². The van der Waals surface area contributed by atoms with Gasteiger partial charge in [0.2, 0.25) is 0 Å². The Kier molecular flexibility index (Phi) is 5.36. The lowest BCUT2D eigenvalue weighted by Gasteiger charge is -2.62. The summed E-state index contributed by atoms with van der Waals surface area (Å²) in [6.45, 7) is 7.16. The molecule has 0 bridgehead atoms. The highest BCUT2D eigenvalue weighted by Gasteiger charge is 2.62. The van der Waals surface area contributed by atoms with Crippen LogP contribution in [0.25, 0.3) is 0 Å². The summed E-state index contributed by atoms with van der Waals surface area (Å²) in [7, 11) is 0. The second kappa shape index (κ2) is 7.27. The molecule has 0 aromatic carbocycles. The first-order chi connectivity index (χ1) is 13.2. The van der Waals surface area contributed by atoms with Crippen LogP contribution < -0.4 is 0 Å². The van der Waals surface area contributed by atoms with E-state index in [0.717, 1.165) is 32.1 Å². The minimum absolute atomic E-state index is 0.179. The minimum atomic E-state index is -0.684. The summed E-state index contributed by atoms with van der Waals surface area (Å²) in [5.41, 5.74) is 0.523. The lowest BCUT2D eigenvalue weighted by atomic mass is 9.43. The molecule has 0 aromatic heterocycles. The monoisotopic (exact) mass is 392 g/mol. The van der Waals surface area contributed by atoms with E-state index >= 15 is 0 Å². The van der Waals surface area contributed by atoms with Crippen LogP contribution in [0.5, 0.6) is 0 Å². The van der Waals surface area contributed by atoms with E-state index in [1.165, 1.54) is 25.7 Å². The first-order valence-corrected chi connectivity index (χ1v) is 11.7. The van der Waals surface area contributed by atoms with Gasteiger partial charge in [0.25, 0.3) is 0 Å². The molecule has 4 heteroatoms. The Bertz CT molecular complexity index is 605. The van der Waals surface area contributed by atoms with Crippen molar-refractivity contribution in [1.82, 2.24) is 0 Å². The van der Waals surface area contributed by atoms with Crippen molar-refractivity contribution in [1.29, 1.82) is 0 Å². The predicted octanol–water partition coefficient (Wildman–Crippen LogP) is 4.48. The van der Waals surface area contributed by atoms with E-state index in [-0.39, 0.29) is 29.5 Å². The van der Waals surface area contributed by atoms with Crippen LogP contribution in [0.2, 0.25) is 0 Å². The van der Waals surface area contributed by atoms with Gasteiger partial charge in [-0.1, -0.05) is 20.8 Å². The molecule has 4 aliphatic carbocycles. The van der Waals surface area contributed by atoms with Crippen molar-refractivity contribution in [3.8, 4) is 0 Å². The number of rotatable bonds is 4. The summed E-state index contributed by atoms with van der Waals surface area (Å²) >= 11 is 0. The first kappa shape index (κ1) is 20.7. The van der Waals surface area contributed by atoms with Gasteiger partial charge in [0.05, 0.1) is 12.2 Å². The lowest BCUT2D eigenvalue weighted by Crippen LogP contribution is -2.58. The van der Waals surface area contributed by atoms with Gasteiger partial charge >= 0.3 is 5.97 Å². The van der Waals surface area contributed by atoms with Crippen LogP contribution in [0.15, 0.2) is 0 Å². The molecule has 4 aliphatic rings. The minimum Gasteiger partial charge on any atom is -0.481 e. The Morgan fingerprint density at radius 2 is 1.68 bits per heavy atom. The summed E-state index contributed by atoms with van der Waals surface area (Å²) < 4.78 is 0. The van der Waals surface area contributed by atoms with Crippen molar-refractivity contribution in [2.45, 2.75) is 97.2 Å². The summed E-state index contributed by atoms with van der Waals surface area (Å²) in [5.74, 6) is 2.36. The van der Waals surface area contributed by atoms with Crippen molar-refractivity contribution < 1.29 is 20.1 Å². The number of fused-ring (bicyclic) bond motifs is 5. The van der Waals surface area contributed by atoms with Gasteiger partial charge < -0.3 is 15.3 Å². The molecular formula is C24H40O4. The molecule has 0 unspecified atom stereocenters. The second-order valence-corrected chi connectivity index (χ2v) is 11.4. The summed E-state index contributed by atoms with van der Waals surface area (Å²) in [6, 6.07) is 0. The first-order valence-electron chi connectivity index (χ1n) is 11.7. The molecule has 4 saturated carbocycles. The maximum absolute atomic E-state index is 11.2. The number of aliphatic carboxylic acids is 1. The smallest absolute Gasteiger partial charge is 0.303 e. The second-order valence-electron chi connectivity index (χ2n) is 11.4. The van der Waals surface area contributed by atoms with E-state index in [9.17, 15) is 15.0 Å². The van der Waals surface area contributed by atoms with Gasteiger partial charge in [-0.15, -0.1) is 0 Å². The van der Waals surface area contributed by atoms with Gasteiger partial charge in [-0.25, -0.2) is 0 Å². The molecule has 0 amide bonds. The Balaban J connectivity index is 1.55. The third-order valence-electron chi connectivity index (χ3n) is 10.2. The quantitative estimate of drug-likeness (QED) is 0.659. The molecule has 4 nitrogen and oxygen atoms in total. The molecule has 0 spiro atoms. The highest BCUT2D eigenvalue weighted by atomic mass is 16.4. The number of carboxylic acids is 1. The molecule has 10 atom stereocenters. The van der Waals surface area contributed by atoms with E-state index in [2.05, 4.69) is 20.8 Å². The van der Waals surface area contributed by atoms with Crippen LogP contribution in [-0.2, 0) is 4.79 Å². The average Bonchev–Trinajstić information content (AvgIpc) is 2.98. The molecular weight excluding hydrogens is 352 g/mol. The standard InChI is InChI=1S/C24H40O4/c1-14(4-7-21(27)28)17-5-6-18-22-19(9-11-24(17,18)3)23(2)10-8-16(25)12-15(23)13-20(22)26/h14-20,22,25-26H,4-13H2,1-3H3,(H,27,28)/t14-,15-,16-,17+,18-,19+,20-,22-,23-,24-/m1/s1. The number of hydrogen-bond acceptors (Lipinski definition) is 3. The summed E-state index contributed by atoms with van der Waals surface area (Å²) in [6.07, 6.45) is 9.19. The lowest BCUT2D eigenvalue weighted by molar-refractivity contribution is -0.174. The molecule has 160 valence electrons. The van der Waals surface area contributed by atoms with Gasteiger partial charge in [0.1, 0.15) is 0 Å². The SMILES string of the molecule is C[C@H](CCC(=O)O)[C@@H]1CC[C@@H]2[C@H]3[C@H](O)C[C@H]4C[C@H](O)CC[C@@]4(C)[C@H]3CC[C@@]21C. The highest BCUT2D eigenvalue weighted by Crippen LogP contribution is 2.68. The zero-order valence-corrected chi connectivity index (χ0v) is 17.9. The van der Waals surface area contributed by atoms with Crippen LogP contribution in [0.1, 0.15) is 85.0 Å². The van der Waals surface area contributed by atoms with E-state index in [0.29, 0.717) is 35.5 Å². The predicted molar refractivity (Wildman–Crippen MR) is 109 cm³/mol. The number of aliphatic hydroxyl groups excluding tert-OH is 2. The third-order valence-corrected chi connectivity index (χ3v) is 10.2. The van der Waals surface area contributed by atoms with Crippen molar-refractivity contribution in [2.75, 3.05) is 0 Å². The van der Waals surface area contributed by atoms with E-state index in [4.69, 9.17) is 5.11 Å². The Morgan fingerprint density at radius 3 is 2.39 bits per heavy atom. The molecule has 0 heterocycles. The van der Waals surface area contributed by atoms with Crippen LogP contribution in [0.4, 0.5) is 0 Å². The molecule has 0 aromatic rings. The van der Waals surface area contributed by atoms with Gasteiger partial charge in [0, 0.05) is 6.42 Å². The van der Waals surface area contributed by atoms with Crippen molar-refractivity contribution in [3.63, 3.8) is 0 Å². The number of aliphatic hydroxyl groups is 2. The largest absolute Gasteiger partial charge is 0.481 e. The van der Waals surface area contributed by atoms with Crippen LogP contribution in [0.3, 0.4) is 0 Å². The van der Waals surface area contributed by atoms with Crippen LogP contribution in [-0.4, -0.2) is 33.5 Å². The zero-order valence-electron chi connectivity index (χ0n) is 17.9. The normalized spacial score (nSPS) is 51.7. The fraction of sp³-hybridized carbons (Fsp3) is 0.958. The molecule has 0 aliphatic heterocycles. The number of carboxylic acid groups (broad SMARTS) is 1. The fourth-order valence-electron chi connectivity index (χ4n) is 8.73. The van der Waals surface area contributed by atoms with Crippen molar-refractivity contribution in [2.24, 2.45) is 46.3 Å². The highest BCUT2D eigenvalue weighted by molar-refractivity contribution is 5.66. The number of hydrogen-bond donors (Lipinski definition) is 3. The number of carbonyl (C=O) groups is 1. The summed E-state index contributed by atoms with van der Waals surface area (Å²) in [4.78, 5) is 11.1. The third kappa shape index (κ3) is 3.14. The maximum Gasteiger partial charge on any atom is 0.303 e.